The van der Waals surface area contributed by atoms with E-state index in [1.54, 1.807) is 18.2 Å². The molecular formula is C29H43NO2. The number of carboxylic acids is 1. The third kappa shape index (κ3) is 6.25. The molecule has 0 bridgehead atoms. The molecule has 1 heterocycles. The van der Waals surface area contributed by atoms with Gasteiger partial charge in [0.15, 0.2) is 0 Å². The van der Waals surface area contributed by atoms with Gasteiger partial charge in [0, 0.05) is 17.1 Å². The summed E-state index contributed by atoms with van der Waals surface area (Å²) >= 11 is 0. The molecule has 3 nitrogen and oxygen atoms in total. The number of aromatic nitrogens is 1. The maximum atomic E-state index is 11.5. The van der Waals surface area contributed by atoms with Gasteiger partial charge in [0.2, 0.25) is 0 Å². The van der Waals surface area contributed by atoms with Crippen LogP contribution in [-0.4, -0.2) is 15.6 Å². The van der Waals surface area contributed by atoms with Crippen molar-refractivity contribution in [3.63, 3.8) is 0 Å². The maximum Gasteiger partial charge on any atom is 0.335 e. The first kappa shape index (κ1) is 27.5. The number of fused-ring (bicyclic) bond motifs is 1. The summed E-state index contributed by atoms with van der Waals surface area (Å²) in [5.41, 5.74) is 6.79. The Morgan fingerprint density at radius 3 is 2.41 bits per heavy atom. The Morgan fingerprint density at radius 1 is 1.25 bits per heavy atom. The van der Waals surface area contributed by atoms with E-state index in [9.17, 15) is 9.90 Å². The molecule has 1 unspecified atom stereocenters. The number of aromatic carboxylic acids is 1. The van der Waals surface area contributed by atoms with Gasteiger partial charge in [0.05, 0.1) is 5.56 Å². The Labute approximate surface area is 195 Å². The third-order valence-corrected chi connectivity index (χ3v) is 6.59. The largest absolute Gasteiger partial charge is 0.478 e. The number of carboxylic acid groups (broad SMARTS) is 1. The molecule has 0 aliphatic heterocycles. The Kier molecular flexibility index (Phi) is 10.7. The third-order valence-electron chi connectivity index (χ3n) is 6.59. The lowest BCUT2D eigenvalue weighted by atomic mass is 9.69. The summed E-state index contributed by atoms with van der Waals surface area (Å²) in [7, 11) is 0. The number of hydrogen-bond acceptors (Lipinski definition) is 1. The van der Waals surface area contributed by atoms with Gasteiger partial charge in [-0.25, -0.2) is 4.79 Å². The summed E-state index contributed by atoms with van der Waals surface area (Å²) in [6, 6.07) is 9.63. The van der Waals surface area contributed by atoms with Gasteiger partial charge in [-0.1, -0.05) is 59.3 Å². The molecule has 1 aromatic carbocycles. The SMILES string of the molecule is C/C=C(\C)c1cc2c(n1-c1cccc(C(=O)O)c1)CCC(C(C)(C)CC)C2.C=CC.CC. The Hall–Kier alpha value is -2.55. The summed E-state index contributed by atoms with van der Waals surface area (Å²) in [6.07, 6.45) is 8.40. The molecule has 2 aromatic rings. The summed E-state index contributed by atoms with van der Waals surface area (Å²) in [6.45, 7) is 20.5. The fourth-order valence-electron chi connectivity index (χ4n) is 4.20. The highest BCUT2D eigenvalue weighted by molar-refractivity contribution is 5.88. The van der Waals surface area contributed by atoms with Crippen LogP contribution in [0.3, 0.4) is 0 Å². The predicted molar refractivity (Wildman–Crippen MR) is 139 cm³/mol. The zero-order valence-electron chi connectivity index (χ0n) is 21.5. The number of hydrogen-bond donors (Lipinski definition) is 1. The molecule has 0 fully saturated rings. The highest BCUT2D eigenvalue weighted by Crippen LogP contribution is 2.42. The van der Waals surface area contributed by atoms with E-state index in [0.29, 0.717) is 16.9 Å². The van der Waals surface area contributed by atoms with E-state index >= 15 is 0 Å². The quantitative estimate of drug-likeness (QED) is 0.477. The van der Waals surface area contributed by atoms with Gasteiger partial charge in [0.25, 0.3) is 0 Å². The van der Waals surface area contributed by atoms with Gasteiger partial charge in [-0.3, -0.25) is 0 Å². The van der Waals surface area contributed by atoms with Gasteiger partial charge in [-0.2, -0.15) is 0 Å². The first-order valence-corrected chi connectivity index (χ1v) is 12.0. The van der Waals surface area contributed by atoms with Crippen LogP contribution in [-0.2, 0) is 12.8 Å². The molecule has 1 aliphatic carbocycles. The van der Waals surface area contributed by atoms with Crippen molar-refractivity contribution in [1.82, 2.24) is 4.57 Å². The molecule has 0 spiro atoms. The van der Waals surface area contributed by atoms with Crippen LogP contribution in [0.4, 0.5) is 0 Å². The number of rotatable bonds is 5. The van der Waals surface area contributed by atoms with Crippen LogP contribution in [0.15, 0.2) is 49.1 Å². The Morgan fingerprint density at radius 2 is 1.88 bits per heavy atom. The second kappa shape index (κ2) is 12.5. The molecule has 0 saturated heterocycles. The van der Waals surface area contributed by atoms with Crippen molar-refractivity contribution in [2.75, 3.05) is 0 Å². The second-order valence-corrected chi connectivity index (χ2v) is 8.85. The van der Waals surface area contributed by atoms with Crippen LogP contribution in [0.25, 0.3) is 11.3 Å². The van der Waals surface area contributed by atoms with Crippen LogP contribution in [0.1, 0.15) is 95.5 Å². The molecule has 3 rings (SSSR count). The second-order valence-electron chi connectivity index (χ2n) is 8.85. The molecule has 3 heteroatoms. The van der Waals surface area contributed by atoms with Crippen molar-refractivity contribution in [3.8, 4) is 5.69 Å². The molecule has 1 aliphatic rings. The highest BCUT2D eigenvalue weighted by Gasteiger charge is 2.33. The normalized spacial score (nSPS) is 15.5. The topological polar surface area (TPSA) is 42.2 Å². The van der Waals surface area contributed by atoms with Crippen LogP contribution >= 0.6 is 0 Å². The summed E-state index contributed by atoms with van der Waals surface area (Å²) in [5, 5.41) is 9.40. The lowest BCUT2D eigenvalue weighted by molar-refractivity contribution is 0.0697. The van der Waals surface area contributed by atoms with Crippen LogP contribution < -0.4 is 0 Å². The summed E-state index contributed by atoms with van der Waals surface area (Å²) < 4.78 is 2.28. The zero-order valence-corrected chi connectivity index (χ0v) is 21.5. The van der Waals surface area contributed by atoms with Crippen molar-refractivity contribution in [2.45, 2.75) is 81.1 Å². The summed E-state index contributed by atoms with van der Waals surface area (Å²) in [4.78, 5) is 11.5. The number of benzene rings is 1. The van der Waals surface area contributed by atoms with Gasteiger partial charge in [-0.05, 0) is 86.8 Å². The van der Waals surface area contributed by atoms with E-state index in [0.717, 1.165) is 18.5 Å². The van der Waals surface area contributed by atoms with Gasteiger partial charge in [0.1, 0.15) is 0 Å². The molecule has 32 heavy (non-hydrogen) atoms. The van der Waals surface area contributed by atoms with Crippen molar-refractivity contribution >= 4 is 11.5 Å². The standard InChI is InChI=1S/C24H31NO2.C3H6.C2H6/c1-6-16(3)22-15-18-13-19(24(4,5)7-2)11-12-21(18)25(22)20-10-8-9-17(14-20)23(26)27;1-3-2;1-2/h6,8-10,14-15,19H,7,11-13H2,1-5H3,(H,26,27);3H,1H2,2H3;1-2H3/b16-6+;;. The minimum absolute atomic E-state index is 0.333. The maximum absolute atomic E-state index is 11.5. The monoisotopic (exact) mass is 437 g/mol. The van der Waals surface area contributed by atoms with Crippen molar-refractivity contribution in [1.29, 1.82) is 0 Å². The number of allylic oxidation sites excluding steroid dienone is 3. The van der Waals surface area contributed by atoms with E-state index in [4.69, 9.17) is 0 Å². The van der Waals surface area contributed by atoms with E-state index < -0.39 is 5.97 Å². The first-order chi connectivity index (χ1) is 15.2. The minimum Gasteiger partial charge on any atom is -0.478 e. The number of nitrogens with zero attached hydrogens (tertiary/aromatic N) is 1. The number of carbonyl (C=O) groups is 1. The average Bonchev–Trinajstić information content (AvgIpc) is 3.19. The van der Waals surface area contributed by atoms with E-state index in [1.807, 2.05) is 32.9 Å². The van der Waals surface area contributed by atoms with Crippen molar-refractivity contribution in [2.24, 2.45) is 11.3 Å². The molecule has 1 aromatic heterocycles. The molecular weight excluding hydrogens is 394 g/mol. The van der Waals surface area contributed by atoms with Crippen molar-refractivity contribution < 1.29 is 9.90 Å². The van der Waals surface area contributed by atoms with Crippen molar-refractivity contribution in [3.05, 3.63) is 71.6 Å². The van der Waals surface area contributed by atoms with E-state index in [2.05, 4.69) is 57.9 Å². The lowest BCUT2D eigenvalue weighted by Gasteiger charge is -2.36. The fraction of sp³-hybridized carbons (Fsp3) is 0.483. The van der Waals surface area contributed by atoms with Gasteiger partial charge < -0.3 is 9.67 Å². The van der Waals surface area contributed by atoms with Crippen LogP contribution in [0.2, 0.25) is 0 Å². The molecule has 1 atom stereocenters. The molecule has 0 radical (unpaired) electrons. The zero-order chi connectivity index (χ0) is 24.5. The lowest BCUT2D eigenvalue weighted by Crippen LogP contribution is -2.29. The fourth-order valence-corrected chi connectivity index (χ4v) is 4.20. The first-order valence-electron chi connectivity index (χ1n) is 12.0. The Balaban J connectivity index is 0.000000944. The van der Waals surface area contributed by atoms with Gasteiger partial charge >= 0.3 is 5.97 Å². The molecule has 0 saturated carbocycles. The van der Waals surface area contributed by atoms with E-state index in [-0.39, 0.29) is 0 Å². The molecule has 0 amide bonds. The Bertz CT molecular complexity index is 931. The smallest absolute Gasteiger partial charge is 0.335 e. The summed E-state index contributed by atoms with van der Waals surface area (Å²) in [5.74, 6) is -0.193. The van der Waals surface area contributed by atoms with E-state index in [1.165, 1.54) is 35.4 Å². The van der Waals surface area contributed by atoms with Crippen LogP contribution in [0, 0.1) is 11.3 Å². The predicted octanol–water partition coefficient (Wildman–Crippen LogP) is 8.36. The molecule has 1 N–H and O–H groups in total. The van der Waals surface area contributed by atoms with Gasteiger partial charge in [-0.15, -0.1) is 6.58 Å². The average molecular weight is 438 g/mol. The highest BCUT2D eigenvalue weighted by atomic mass is 16.4. The minimum atomic E-state index is -0.882. The van der Waals surface area contributed by atoms with Crippen LogP contribution in [0.5, 0.6) is 0 Å². The molecule has 176 valence electrons.